The Morgan fingerprint density at radius 1 is 0.968 bits per heavy atom. The Kier molecular flexibility index (Phi) is 6.14. The van der Waals surface area contributed by atoms with Gasteiger partial charge in [-0.25, -0.2) is 0 Å². The van der Waals surface area contributed by atoms with Gasteiger partial charge in [-0.05, 0) is 36.4 Å². The molecule has 0 radical (unpaired) electrons. The van der Waals surface area contributed by atoms with E-state index < -0.39 is 17.8 Å². The van der Waals surface area contributed by atoms with Gasteiger partial charge in [0.25, 0.3) is 5.91 Å². The van der Waals surface area contributed by atoms with E-state index in [9.17, 15) is 23.1 Å². The van der Waals surface area contributed by atoms with Crippen molar-refractivity contribution in [1.29, 1.82) is 0 Å². The third-order valence-corrected chi connectivity index (χ3v) is 6.22. The number of piperazine rings is 1. The van der Waals surface area contributed by atoms with Crippen LogP contribution in [0.5, 0.6) is 0 Å². The third-order valence-electron chi connectivity index (χ3n) is 5.97. The summed E-state index contributed by atoms with van der Waals surface area (Å²) < 4.78 is 40.2. The van der Waals surface area contributed by atoms with Crippen LogP contribution in [-0.4, -0.2) is 72.2 Å². The largest absolute Gasteiger partial charge is 0.418 e. The van der Waals surface area contributed by atoms with Crippen LogP contribution in [0.2, 0.25) is 5.02 Å². The van der Waals surface area contributed by atoms with Gasteiger partial charge in [-0.1, -0.05) is 23.7 Å². The first-order valence-electron chi connectivity index (χ1n) is 10.1. The second-order valence-corrected chi connectivity index (χ2v) is 8.33. The lowest BCUT2D eigenvalue weighted by Crippen LogP contribution is -2.54. The van der Waals surface area contributed by atoms with E-state index in [4.69, 9.17) is 11.6 Å². The summed E-state index contributed by atoms with van der Waals surface area (Å²) in [5, 5.41) is 11.2. The number of amides is 1. The van der Waals surface area contributed by atoms with Crippen LogP contribution in [-0.2, 0) is 6.18 Å². The maximum Gasteiger partial charge on any atom is 0.418 e. The summed E-state index contributed by atoms with van der Waals surface area (Å²) in [5.41, 5.74) is -0.0389. The highest BCUT2D eigenvalue weighted by molar-refractivity contribution is 6.30. The molecule has 2 saturated heterocycles. The first-order valence-corrected chi connectivity index (χ1v) is 10.5. The molecule has 31 heavy (non-hydrogen) atoms. The zero-order chi connectivity index (χ0) is 22.2. The molecule has 4 rings (SSSR count). The predicted octanol–water partition coefficient (Wildman–Crippen LogP) is 3.37. The van der Waals surface area contributed by atoms with Crippen molar-refractivity contribution in [3.05, 3.63) is 64.7 Å². The summed E-state index contributed by atoms with van der Waals surface area (Å²) in [6.07, 6.45) is -5.22. The monoisotopic (exact) mass is 453 g/mol. The number of hydrogen-bond donors (Lipinski definition) is 1. The van der Waals surface area contributed by atoms with Gasteiger partial charge in [0.05, 0.1) is 17.7 Å². The minimum atomic E-state index is -4.45. The topological polar surface area (TPSA) is 47.0 Å². The number of aliphatic hydroxyl groups is 1. The number of alkyl halides is 3. The molecule has 2 atom stereocenters. The van der Waals surface area contributed by atoms with Crippen LogP contribution >= 0.6 is 11.6 Å². The van der Waals surface area contributed by atoms with Gasteiger partial charge in [0.1, 0.15) is 0 Å². The molecular formula is C22H23ClF3N3O2. The lowest BCUT2D eigenvalue weighted by molar-refractivity contribution is -0.137. The van der Waals surface area contributed by atoms with Crippen LogP contribution in [0.3, 0.4) is 0 Å². The summed E-state index contributed by atoms with van der Waals surface area (Å²) in [6, 6.07) is 11.9. The standard InChI is InChI=1S/C22H23ClF3N3O2/c23-16-7-5-15(6-8-16)21(31)28-11-9-27(10-12-28)19-13-29(14-20(19)30)18-4-2-1-3-17(18)22(24,25)26/h1-8,19-20,30H,9-14H2. The van der Waals surface area contributed by atoms with Gasteiger partial charge >= 0.3 is 6.18 Å². The molecule has 0 saturated carbocycles. The van der Waals surface area contributed by atoms with Crippen LogP contribution in [0.1, 0.15) is 15.9 Å². The number of anilines is 1. The van der Waals surface area contributed by atoms with Gasteiger partial charge in [0, 0.05) is 55.5 Å². The van der Waals surface area contributed by atoms with Gasteiger partial charge in [-0.15, -0.1) is 0 Å². The lowest BCUT2D eigenvalue weighted by atomic mass is 10.1. The second-order valence-electron chi connectivity index (χ2n) is 7.89. The fourth-order valence-electron chi connectivity index (χ4n) is 4.35. The molecule has 0 spiro atoms. The molecule has 2 unspecified atom stereocenters. The molecular weight excluding hydrogens is 431 g/mol. The minimum Gasteiger partial charge on any atom is -0.390 e. The van der Waals surface area contributed by atoms with E-state index in [0.717, 1.165) is 6.07 Å². The van der Waals surface area contributed by atoms with E-state index >= 15 is 0 Å². The van der Waals surface area contributed by atoms with Crippen molar-refractivity contribution < 1.29 is 23.1 Å². The number of carbonyl (C=O) groups excluding carboxylic acids is 1. The molecule has 2 aromatic carbocycles. The van der Waals surface area contributed by atoms with E-state index in [2.05, 4.69) is 4.90 Å². The molecule has 1 N–H and O–H groups in total. The molecule has 2 aliphatic heterocycles. The fraction of sp³-hybridized carbons (Fsp3) is 0.409. The van der Waals surface area contributed by atoms with Crippen molar-refractivity contribution >= 4 is 23.2 Å². The molecule has 5 nitrogen and oxygen atoms in total. The SMILES string of the molecule is O=C(c1ccc(Cl)cc1)N1CCN(C2CN(c3ccccc3C(F)(F)F)CC2O)CC1. The molecule has 9 heteroatoms. The van der Waals surface area contributed by atoms with Crippen molar-refractivity contribution in [3.63, 3.8) is 0 Å². The fourth-order valence-corrected chi connectivity index (χ4v) is 4.47. The summed E-state index contributed by atoms with van der Waals surface area (Å²) in [7, 11) is 0. The quantitative estimate of drug-likeness (QED) is 0.774. The van der Waals surface area contributed by atoms with Gasteiger partial charge in [-0.2, -0.15) is 13.2 Å². The molecule has 0 aromatic heterocycles. The number of halogens is 4. The number of carbonyl (C=O) groups is 1. The highest BCUT2D eigenvalue weighted by Crippen LogP contribution is 2.38. The molecule has 2 aliphatic rings. The van der Waals surface area contributed by atoms with Crippen molar-refractivity contribution in [2.45, 2.75) is 18.3 Å². The van der Waals surface area contributed by atoms with E-state index in [1.165, 1.54) is 12.1 Å². The number of nitrogens with zero attached hydrogens (tertiary/aromatic N) is 3. The smallest absolute Gasteiger partial charge is 0.390 e. The van der Waals surface area contributed by atoms with E-state index in [0.29, 0.717) is 43.3 Å². The summed E-state index contributed by atoms with van der Waals surface area (Å²) in [5.74, 6) is -0.0796. The minimum absolute atomic E-state index is 0.0796. The van der Waals surface area contributed by atoms with Crippen molar-refractivity contribution in [1.82, 2.24) is 9.80 Å². The molecule has 0 aliphatic carbocycles. The molecule has 0 bridgehead atoms. The maximum absolute atomic E-state index is 13.4. The van der Waals surface area contributed by atoms with Gasteiger partial charge in [-0.3, -0.25) is 9.69 Å². The van der Waals surface area contributed by atoms with Crippen LogP contribution in [0, 0.1) is 0 Å². The van der Waals surface area contributed by atoms with Crippen LogP contribution in [0.15, 0.2) is 48.5 Å². The Morgan fingerprint density at radius 2 is 1.61 bits per heavy atom. The Morgan fingerprint density at radius 3 is 2.26 bits per heavy atom. The number of β-amino-alcohol motifs (C(OH)–C–C–N with tert-alkyl or cyclic N) is 1. The molecule has 2 aromatic rings. The van der Waals surface area contributed by atoms with Gasteiger partial charge in [0.15, 0.2) is 0 Å². The summed E-state index contributed by atoms with van der Waals surface area (Å²) >= 11 is 5.88. The maximum atomic E-state index is 13.4. The van der Waals surface area contributed by atoms with E-state index in [1.807, 2.05) is 0 Å². The average Bonchev–Trinajstić information content (AvgIpc) is 3.15. The zero-order valence-corrected chi connectivity index (χ0v) is 17.5. The summed E-state index contributed by atoms with van der Waals surface area (Å²) in [6.45, 7) is 2.53. The van der Waals surface area contributed by atoms with Gasteiger partial charge in [0.2, 0.25) is 0 Å². The number of para-hydroxylation sites is 1. The normalized spacial score (nSPS) is 22.7. The van der Waals surface area contributed by atoms with Crippen molar-refractivity contribution in [2.24, 2.45) is 0 Å². The van der Waals surface area contributed by atoms with Gasteiger partial charge < -0.3 is 14.9 Å². The second kappa shape index (κ2) is 8.68. The number of benzene rings is 2. The number of aliphatic hydroxyl groups excluding tert-OH is 1. The molecule has 2 heterocycles. The Labute approximate surface area is 183 Å². The molecule has 2 fully saturated rings. The zero-order valence-electron chi connectivity index (χ0n) is 16.7. The predicted molar refractivity (Wildman–Crippen MR) is 112 cm³/mol. The lowest BCUT2D eigenvalue weighted by Gasteiger charge is -2.38. The Hall–Kier alpha value is -2.29. The molecule has 166 valence electrons. The highest BCUT2D eigenvalue weighted by atomic mass is 35.5. The van der Waals surface area contributed by atoms with E-state index in [-0.39, 0.29) is 24.2 Å². The number of hydrogen-bond acceptors (Lipinski definition) is 4. The average molecular weight is 454 g/mol. The molecule has 1 amide bonds. The Balaban J connectivity index is 1.40. The van der Waals surface area contributed by atoms with Crippen LogP contribution in [0.4, 0.5) is 18.9 Å². The van der Waals surface area contributed by atoms with Crippen molar-refractivity contribution in [2.75, 3.05) is 44.2 Å². The first-order chi connectivity index (χ1) is 14.7. The van der Waals surface area contributed by atoms with Crippen LogP contribution in [0.25, 0.3) is 0 Å². The first kappa shape index (κ1) is 21.9. The van der Waals surface area contributed by atoms with E-state index in [1.54, 1.807) is 40.1 Å². The Bertz CT molecular complexity index is 930. The van der Waals surface area contributed by atoms with Crippen LogP contribution < -0.4 is 4.90 Å². The van der Waals surface area contributed by atoms with Crippen molar-refractivity contribution in [3.8, 4) is 0 Å². The third kappa shape index (κ3) is 4.66. The highest BCUT2D eigenvalue weighted by Gasteiger charge is 2.41. The summed E-state index contributed by atoms with van der Waals surface area (Å²) in [4.78, 5) is 18.1. The number of rotatable bonds is 3.